The summed E-state index contributed by atoms with van der Waals surface area (Å²) in [5.74, 6) is -0.0244. The van der Waals surface area contributed by atoms with Gasteiger partial charge in [-0.1, -0.05) is 6.07 Å². The van der Waals surface area contributed by atoms with Crippen LogP contribution >= 0.6 is 0 Å². The van der Waals surface area contributed by atoms with Crippen molar-refractivity contribution in [1.82, 2.24) is 4.90 Å². The second-order valence-corrected chi connectivity index (χ2v) is 4.51. The summed E-state index contributed by atoms with van der Waals surface area (Å²) in [5.41, 5.74) is 0.591. The van der Waals surface area contributed by atoms with Crippen molar-refractivity contribution in [2.24, 2.45) is 0 Å². The molecule has 0 atom stereocenters. The molecule has 1 aliphatic rings. The first-order chi connectivity index (χ1) is 10.2. The number of aromatic hydroxyl groups is 1. The average Bonchev–Trinajstić information content (AvgIpc) is 2.53. The normalized spacial score (nSPS) is 15.4. The average molecular weight is 288 g/mol. The Bertz CT molecular complexity index is 598. The van der Waals surface area contributed by atoms with Gasteiger partial charge in [0.05, 0.1) is 20.3 Å². The van der Waals surface area contributed by atoms with E-state index in [0.717, 1.165) is 0 Å². The number of phenols is 1. The zero-order chi connectivity index (χ0) is 15.2. The van der Waals surface area contributed by atoms with Gasteiger partial charge >= 0.3 is 0 Å². The predicted molar refractivity (Wildman–Crippen MR) is 75.6 cm³/mol. The lowest BCUT2D eigenvalue weighted by Crippen LogP contribution is -2.41. The van der Waals surface area contributed by atoms with Gasteiger partial charge in [0.2, 0.25) is 0 Å². The number of carbonyl (C=O) groups excluding carboxylic acids is 1. The lowest BCUT2D eigenvalue weighted by molar-refractivity contribution is -0.130. The Morgan fingerprint density at radius 3 is 2.76 bits per heavy atom. The van der Waals surface area contributed by atoms with Crippen LogP contribution < -0.4 is 4.74 Å². The highest BCUT2D eigenvalue weighted by Crippen LogP contribution is 2.27. The minimum atomic E-state index is -0.323. The van der Waals surface area contributed by atoms with Gasteiger partial charge in [-0.15, -0.1) is 0 Å². The van der Waals surface area contributed by atoms with E-state index in [1.807, 2.05) is 6.07 Å². The van der Waals surface area contributed by atoms with E-state index >= 15 is 0 Å². The molecule has 0 aromatic heterocycles. The van der Waals surface area contributed by atoms with Gasteiger partial charge in [-0.25, -0.2) is 0 Å². The first-order valence-electron chi connectivity index (χ1n) is 6.51. The minimum Gasteiger partial charge on any atom is -0.504 e. The zero-order valence-corrected chi connectivity index (χ0v) is 11.7. The zero-order valence-electron chi connectivity index (χ0n) is 11.7. The van der Waals surface area contributed by atoms with Crippen molar-refractivity contribution in [3.05, 3.63) is 29.3 Å². The Balaban J connectivity index is 2.22. The molecule has 1 aliphatic heterocycles. The minimum absolute atomic E-state index is 0.0291. The van der Waals surface area contributed by atoms with Crippen LogP contribution in [0.25, 0.3) is 6.08 Å². The molecule has 1 saturated heterocycles. The molecule has 2 rings (SSSR count). The summed E-state index contributed by atoms with van der Waals surface area (Å²) in [6, 6.07) is 6.61. The topological polar surface area (TPSA) is 82.8 Å². The smallest absolute Gasteiger partial charge is 0.264 e. The molecule has 0 bridgehead atoms. The molecule has 1 heterocycles. The number of hydrogen-bond donors (Lipinski definition) is 1. The summed E-state index contributed by atoms with van der Waals surface area (Å²) in [6.45, 7) is 1.92. The van der Waals surface area contributed by atoms with E-state index in [9.17, 15) is 15.2 Å². The number of phenolic OH excluding ortho intramolecular Hbond substituents is 1. The lowest BCUT2D eigenvalue weighted by Gasteiger charge is -2.26. The van der Waals surface area contributed by atoms with Crippen molar-refractivity contribution < 1.29 is 19.4 Å². The quantitative estimate of drug-likeness (QED) is 0.666. The Hall–Kier alpha value is -2.52. The van der Waals surface area contributed by atoms with Gasteiger partial charge in [0, 0.05) is 13.1 Å². The maximum atomic E-state index is 12.2. The Morgan fingerprint density at radius 1 is 1.48 bits per heavy atom. The van der Waals surface area contributed by atoms with E-state index in [4.69, 9.17) is 9.47 Å². The first-order valence-corrected chi connectivity index (χ1v) is 6.51. The summed E-state index contributed by atoms with van der Waals surface area (Å²) < 4.78 is 10.1. The monoisotopic (exact) mass is 288 g/mol. The summed E-state index contributed by atoms with van der Waals surface area (Å²) >= 11 is 0. The standard InChI is InChI=1S/C15H16N2O4/c1-20-14-3-2-11(9-13(14)18)8-12(10-16)15(19)17-4-6-21-7-5-17/h2-3,8-9,18H,4-7H2,1H3/b12-8+. The number of morpholine rings is 1. The van der Waals surface area contributed by atoms with Gasteiger partial charge in [-0.3, -0.25) is 4.79 Å². The van der Waals surface area contributed by atoms with E-state index in [0.29, 0.717) is 37.6 Å². The number of ether oxygens (including phenoxy) is 2. The molecule has 0 saturated carbocycles. The van der Waals surface area contributed by atoms with Crippen LogP contribution in [0, 0.1) is 11.3 Å². The molecular weight excluding hydrogens is 272 g/mol. The fourth-order valence-corrected chi connectivity index (χ4v) is 2.04. The van der Waals surface area contributed by atoms with Crippen molar-refractivity contribution in [1.29, 1.82) is 5.26 Å². The third-order valence-corrected chi connectivity index (χ3v) is 3.16. The molecule has 1 N–H and O–H groups in total. The number of amides is 1. The lowest BCUT2D eigenvalue weighted by atomic mass is 10.1. The number of methoxy groups -OCH3 is 1. The number of hydrogen-bond acceptors (Lipinski definition) is 5. The molecule has 6 heteroatoms. The molecule has 0 aliphatic carbocycles. The molecule has 0 spiro atoms. The second kappa shape index (κ2) is 6.77. The van der Waals surface area contributed by atoms with Crippen molar-refractivity contribution in [2.75, 3.05) is 33.4 Å². The number of carbonyl (C=O) groups is 1. The van der Waals surface area contributed by atoms with E-state index < -0.39 is 0 Å². The Kier molecular flexibility index (Phi) is 4.80. The van der Waals surface area contributed by atoms with Gasteiger partial charge in [-0.05, 0) is 23.8 Å². The van der Waals surface area contributed by atoms with E-state index in [-0.39, 0.29) is 17.2 Å². The van der Waals surface area contributed by atoms with Crippen LogP contribution in [0.3, 0.4) is 0 Å². The summed E-state index contributed by atoms with van der Waals surface area (Å²) in [6.07, 6.45) is 1.46. The van der Waals surface area contributed by atoms with Crippen LogP contribution in [0.2, 0.25) is 0 Å². The second-order valence-electron chi connectivity index (χ2n) is 4.51. The maximum Gasteiger partial charge on any atom is 0.264 e. The predicted octanol–water partition coefficient (Wildman–Crippen LogP) is 1.17. The largest absolute Gasteiger partial charge is 0.504 e. The van der Waals surface area contributed by atoms with Crippen LogP contribution in [0.4, 0.5) is 0 Å². The van der Waals surface area contributed by atoms with E-state index in [1.165, 1.54) is 19.3 Å². The maximum absolute atomic E-state index is 12.2. The van der Waals surface area contributed by atoms with Gasteiger partial charge < -0.3 is 19.5 Å². The highest BCUT2D eigenvalue weighted by molar-refractivity contribution is 6.01. The molecule has 1 aromatic carbocycles. The molecule has 21 heavy (non-hydrogen) atoms. The fraction of sp³-hybridized carbons (Fsp3) is 0.333. The van der Waals surface area contributed by atoms with Crippen LogP contribution in [0.5, 0.6) is 11.5 Å². The number of nitrogens with zero attached hydrogens (tertiary/aromatic N) is 2. The molecule has 110 valence electrons. The van der Waals surface area contributed by atoms with E-state index in [2.05, 4.69) is 0 Å². The number of benzene rings is 1. The van der Waals surface area contributed by atoms with Crippen LogP contribution in [0.1, 0.15) is 5.56 Å². The highest BCUT2D eigenvalue weighted by Gasteiger charge is 2.20. The van der Waals surface area contributed by atoms with Gasteiger partial charge in [0.15, 0.2) is 11.5 Å². The van der Waals surface area contributed by atoms with Gasteiger partial charge in [0.25, 0.3) is 5.91 Å². The Labute approximate surface area is 122 Å². The fourth-order valence-electron chi connectivity index (χ4n) is 2.04. The first kappa shape index (κ1) is 14.9. The summed E-state index contributed by atoms with van der Waals surface area (Å²) in [5, 5.41) is 18.9. The third-order valence-electron chi connectivity index (χ3n) is 3.16. The SMILES string of the molecule is COc1ccc(/C=C(\C#N)C(=O)N2CCOCC2)cc1O. The summed E-state index contributed by atoms with van der Waals surface area (Å²) in [4.78, 5) is 13.8. The van der Waals surface area contributed by atoms with Crippen molar-refractivity contribution >= 4 is 12.0 Å². The molecule has 1 fully saturated rings. The third kappa shape index (κ3) is 3.52. The molecule has 0 unspecified atom stereocenters. The van der Waals surface area contributed by atoms with Crippen LogP contribution in [0.15, 0.2) is 23.8 Å². The number of nitriles is 1. The molecule has 1 aromatic rings. The molecule has 6 nitrogen and oxygen atoms in total. The van der Waals surface area contributed by atoms with Crippen molar-refractivity contribution in [2.45, 2.75) is 0 Å². The van der Waals surface area contributed by atoms with Gasteiger partial charge in [-0.2, -0.15) is 5.26 Å². The molecule has 0 radical (unpaired) electrons. The van der Waals surface area contributed by atoms with Crippen molar-refractivity contribution in [3.63, 3.8) is 0 Å². The number of rotatable bonds is 3. The van der Waals surface area contributed by atoms with Crippen molar-refractivity contribution in [3.8, 4) is 17.6 Å². The highest BCUT2D eigenvalue weighted by atomic mass is 16.5. The van der Waals surface area contributed by atoms with Crippen LogP contribution in [-0.4, -0.2) is 49.3 Å². The van der Waals surface area contributed by atoms with E-state index in [1.54, 1.807) is 17.0 Å². The molecule has 1 amide bonds. The van der Waals surface area contributed by atoms with Gasteiger partial charge in [0.1, 0.15) is 11.6 Å². The van der Waals surface area contributed by atoms with Crippen LogP contribution in [-0.2, 0) is 9.53 Å². The molecular formula is C15H16N2O4. The Morgan fingerprint density at radius 2 is 2.19 bits per heavy atom. The summed E-state index contributed by atoms with van der Waals surface area (Å²) in [7, 11) is 1.45.